The van der Waals surface area contributed by atoms with Gasteiger partial charge in [-0.15, -0.1) is 5.11 Å². The van der Waals surface area contributed by atoms with Gasteiger partial charge in [-0.2, -0.15) is 5.11 Å². The maximum absolute atomic E-state index is 11.6. The summed E-state index contributed by atoms with van der Waals surface area (Å²) >= 11 is 0. The van der Waals surface area contributed by atoms with Crippen molar-refractivity contribution in [2.45, 2.75) is 4.90 Å². The summed E-state index contributed by atoms with van der Waals surface area (Å²) in [6.07, 6.45) is 0. The summed E-state index contributed by atoms with van der Waals surface area (Å²) in [6.45, 7) is 0. The van der Waals surface area contributed by atoms with Crippen LogP contribution in [0.5, 0.6) is 0 Å². The first kappa shape index (κ1) is 16.4. The van der Waals surface area contributed by atoms with Crippen LogP contribution >= 0.6 is 0 Å². The first-order valence-corrected chi connectivity index (χ1v) is 8.56. The first-order valence-electron chi connectivity index (χ1n) is 7.12. The number of hydrogen-bond donors (Lipinski definition) is 1. The van der Waals surface area contributed by atoms with Crippen LogP contribution in [0.1, 0.15) is 0 Å². The molecule has 3 aromatic rings. The number of nitrogens with zero attached hydrogens (tertiary/aromatic N) is 5. The molecule has 0 aliphatic carbocycles. The van der Waals surface area contributed by atoms with E-state index in [1.54, 1.807) is 6.07 Å². The van der Waals surface area contributed by atoms with Crippen molar-refractivity contribution in [2.24, 2.45) is 14.7 Å². The van der Waals surface area contributed by atoms with Gasteiger partial charge in [0.05, 0.1) is 16.3 Å². The predicted molar refractivity (Wildman–Crippen MR) is 95.3 cm³/mol. The molecule has 0 saturated carbocycles. The second-order valence-corrected chi connectivity index (χ2v) is 6.65. The minimum atomic E-state index is -4.01. The Morgan fingerprint density at radius 2 is 1.64 bits per heavy atom. The van der Waals surface area contributed by atoms with E-state index in [4.69, 9.17) is 11.3 Å². The minimum Gasteiger partial charge on any atom is -0.397 e. The predicted octanol–water partition coefficient (Wildman–Crippen LogP) is 4.84. The Labute approximate surface area is 143 Å². The molecule has 0 radical (unpaired) electrons. The van der Waals surface area contributed by atoms with Crippen LogP contribution in [-0.4, -0.2) is 8.42 Å². The van der Waals surface area contributed by atoms with Gasteiger partial charge in [0.1, 0.15) is 5.69 Å². The lowest BCUT2D eigenvalue weighted by molar-refractivity contribution is 0.597. The van der Waals surface area contributed by atoms with E-state index in [0.29, 0.717) is 17.1 Å². The topological polar surface area (TPSA) is 134 Å². The third-order valence-corrected chi connectivity index (χ3v) is 4.63. The highest BCUT2D eigenvalue weighted by atomic mass is 32.2. The molecule has 0 aromatic heterocycles. The second-order valence-electron chi connectivity index (χ2n) is 5.06. The van der Waals surface area contributed by atoms with Crippen LogP contribution in [0.3, 0.4) is 0 Å². The van der Waals surface area contributed by atoms with Crippen LogP contribution in [0.15, 0.2) is 80.3 Å². The largest absolute Gasteiger partial charge is 0.397 e. The number of azo groups is 1. The Morgan fingerprint density at radius 3 is 2.36 bits per heavy atom. The van der Waals surface area contributed by atoms with Crippen LogP contribution in [0.25, 0.3) is 21.2 Å². The van der Waals surface area contributed by atoms with Crippen molar-refractivity contribution in [1.82, 2.24) is 0 Å². The zero-order valence-electron chi connectivity index (χ0n) is 12.8. The van der Waals surface area contributed by atoms with E-state index in [2.05, 4.69) is 19.7 Å². The van der Waals surface area contributed by atoms with Crippen LogP contribution in [0.4, 0.5) is 17.1 Å². The van der Waals surface area contributed by atoms with Crippen molar-refractivity contribution in [1.29, 1.82) is 0 Å². The average Bonchev–Trinajstić information content (AvgIpc) is 2.61. The van der Waals surface area contributed by atoms with Crippen molar-refractivity contribution in [3.05, 3.63) is 71.1 Å². The van der Waals surface area contributed by atoms with Crippen LogP contribution < -0.4 is 5.73 Å². The summed E-state index contributed by atoms with van der Waals surface area (Å²) in [4.78, 5) is 2.19. The van der Waals surface area contributed by atoms with Gasteiger partial charge in [0.15, 0.2) is 0 Å². The molecule has 3 aromatic carbocycles. The normalized spacial score (nSPS) is 11.5. The number of benzene rings is 3. The van der Waals surface area contributed by atoms with Crippen LogP contribution in [0, 0.1) is 0 Å². The SMILES string of the molecule is [N-]=[N+]=NS(=O)(=O)c1ccc(N=Nc2c(N)ccc3ccccc23)cc1. The monoisotopic (exact) mass is 352 g/mol. The van der Waals surface area contributed by atoms with E-state index in [0.717, 1.165) is 10.8 Å². The summed E-state index contributed by atoms with van der Waals surface area (Å²) < 4.78 is 26.0. The molecule has 0 unspecified atom stereocenters. The Balaban J connectivity index is 1.96. The zero-order chi connectivity index (χ0) is 17.9. The van der Waals surface area contributed by atoms with Crippen molar-refractivity contribution in [2.75, 3.05) is 5.73 Å². The number of sulfonamides is 1. The molecule has 124 valence electrons. The molecule has 0 atom stereocenters. The second kappa shape index (κ2) is 6.60. The fourth-order valence-corrected chi connectivity index (χ4v) is 2.94. The van der Waals surface area contributed by atoms with E-state index in [-0.39, 0.29) is 4.90 Å². The van der Waals surface area contributed by atoms with Gasteiger partial charge in [0, 0.05) is 14.8 Å². The maximum Gasteiger partial charge on any atom is 0.264 e. The van der Waals surface area contributed by atoms with Crippen LogP contribution in [0.2, 0.25) is 0 Å². The van der Waals surface area contributed by atoms with E-state index in [9.17, 15) is 8.42 Å². The van der Waals surface area contributed by atoms with Crippen molar-refractivity contribution < 1.29 is 8.42 Å². The lowest BCUT2D eigenvalue weighted by Gasteiger charge is -2.04. The standard InChI is InChI=1S/C16H12N6O2S/c17-15-10-5-11-3-1-2-4-14(11)16(15)20-19-12-6-8-13(9-7-12)25(23,24)22-21-18/h1-10H,17H2. The zero-order valence-corrected chi connectivity index (χ0v) is 13.6. The number of nitrogen functional groups attached to an aromatic ring is 1. The number of azide groups is 1. The molecule has 8 nitrogen and oxygen atoms in total. The van der Waals surface area contributed by atoms with E-state index in [1.165, 1.54) is 24.3 Å². The van der Waals surface area contributed by atoms with Crippen molar-refractivity contribution >= 4 is 37.9 Å². The molecule has 0 saturated heterocycles. The molecule has 0 bridgehead atoms. The molecule has 3 rings (SSSR count). The minimum absolute atomic E-state index is 0.117. The molecular weight excluding hydrogens is 340 g/mol. The van der Waals surface area contributed by atoms with E-state index < -0.39 is 10.0 Å². The Kier molecular flexibility index (Phi) is 4.34. The number of fused-ring (bicyclic) bond motifs is 1. The van der Waals surface area contributed by atoms with Gasteiger partial charge in [-0.3, -0.25) is 0 Å². The van der Waals surface area contributed by atoms with E-state index >= 15 is 0 Å². The van der Waals surface area contributed by atoms with Crippen molar-refractivity contribution in [3.63, 3.8) is 0 Å². The summed E-state index contributed by atoms with van der Waals surface area (Å²) in [7, 11) is -4.01. The lowest BCUT2D eigenvalue weighted by Crippen LogP contribution is -1.93. The molecule has 0 heterocycles. The first-order chi connectivity index (χ1) is 12.0. The smallest absolute Gasteiger partial charge is 0.264 e. The lowest BCUT2D eigenvalue weighted by atomic mass is 10.1. The van der Waals surface area contributed by atoms with Gasteiger partial charge in [-0.05, 0) is 41.2 Å². The quantitative estimate of drug-likeness (QED) is 0.311. The number of nitrogens with two attached hydrogens (primary N) is 1. The highest BCUT2D eigenvalue weighted by Crippen LogP contribution is 2.33. The van der Waals surface area contributed by atoms with Gasteiger partial charge >= 0.3 is 0 Å². The molecule has 0 spiro atoms. The third kappa shape index (κ3) is 3.42. The molecule has 9 heteroatoms. The highest BCUT2D eigenvalue weighted by Gasteiger charge is 2.11. The molecule has 0 amide bonds. The van der Waals surface area contributed by atoms with Gasteiger partial charge in [-0.25, -0.2) is 8.42 Å². The molecule has 25 heavy (non-hydrogen) atoms. The highest BCUT2D eigenvalue weighted by molar-refractivity contribution is 7.90. The summed E-state index contributed by atoms with van der Waals surface area (Å²) in [6, 6.07) is 16.8. The van der Waals surface area contributed by atoms with Gasteiger partial charge in [-0.1, -0.05) is 30.3 Å². The Bertz CT molecular complexity index is 1120. The third-order valence-electron chi connectivity index (χ3n) is 3.48. The molecular formula is C16H12N6O2S. The Hall–Kier alpha value is -3.42. The molecule has 0 aliphatic rings. The van der Waals surface area contributed by atoms with Gasteiger partial charge < -0.3 is 5.73 Å². The summed E-state index contributed by atoms with van der Waals surface area (Å²) in [5, 5.41) is 10.2. The summed E-state index contributed by atoms with van der Waals surface area (Å²) in [5.74, 6) is 0. The number of anilines is 1. The van der Waals surface area contributed by atoms with E-state index in [1.807, 2.05) is 30.3 Å². The van der Waals surface area contributed by atoms with Crippen molar-refractivity contribution in [3.8, 4) is 0 Å². The summed E-state index contributed by atoms with van der Waals surface area (Å²) in [5.41, 5.74) is 15.7. The van der Waals surface area contributed by atoms with Gasteiger partial charge in [0.25, 0.3) is 10.0 Å². The van der Waals surface area contributed by atoms with Gasteiger partial charge in [0.2, 0.25) is 0 Å². The number of hydrogen-bond acceptors (Lipinski definition) is 5. The maximum atomic E-state index is 11.6. The number of rotatable bonds is 4. The molecule has 0 fully saturated rings. The average molecular weight is 352 g/mol. The fraction of sp³-hybridized carbons (Fsp3) is 0. The Morgan fingerprint density at radius 1 is 0.920 bits per heavy atom. The fourth-order valence-electron chi connectivity index (χ4n) is 2.27. The molecule has 0 aliphatic heterocycles. The molecule has 2 N–H and O–H groups in total. The van der Waals surface area contributed by atoms with Crippen LogP contribution in [-0.2, 0) is 10.0 Å².